The number of aromatic nitrogens is 2. The van der Waals surface area contributed by atoms with Crippen LogP contribution in [0.15, 0.2) is 64.2 Å². The lowest BCUT2D eigenvalue weighted by molar-refractivity contribution is -0.134. The molecular weight excluding hydrogens is 427 g/mol. The van der Waals surface area contributed by atoms with E-state index in [2.05, 4.69) is 10.2 Å². The van der Waals surface area contributed by atoms with Gasteiger partial charge in [-0.3, -0.25) is 4.79 Å². The van der Waals surface area contributed by atoms with Crippen LogP contribution in [0.3, 0.4) is 0 Å². The van der Waals surface area contributed by atoms with Crippen LogP contribution < -0.4 is 4.74 Å². The molecule has 1 aliphatic heterocycles. The van der Waals surface area contributed by atoms with Crippen molar-refractivity contribution in [2.24, 2.45) is 0 Å². The third-order valence-electron chi connectivity index (χ3n) is 4.87. The van der Waals surface area contributed by atoms with Gasteiger partial charge in [0.2, 0.25) is 22.3 Å². The summed E-state index contributed by atoms with van der Waals surface area (Å²) >= 11 is 0. The molecular formula is C20H19FN4O5S. The van der Waals surface area contributed by atoms with Gasteiger partial charge in [0.05, 0.1) is 4.90 Å². The molecule has 162 valence electrons. The number of halogens is 1. The SMILES string of the molecule is O=C(COc1ccc(-c2nnco2)cc1)N1CCN(S(=O)(=O)c2ccc(F)cc2)CC1. The lowest BCUT2D eigenvalue weighted by atomic mass is 10.2. The van der Waals surface area contributed by atoms with E-state index in [1.807, 2.05) is 0 Å². The molecule has 0 spiro atoms. The van der Waals surface area contributed by atoms with Crippen LogP contribution in [0.25, 0.3) is 11.5 Å². The minimum Gasteiger partial charge on any atom is -0.484 e. The van der Waals surface area contributed by atoms with Gasteiger partial charge in [0.25, 0.3) is 5.91 Å². The van der Waals surface area contributed by atoms with Crippen molar-refractivity contribution in [3.05, 3.63) is 60.7 Å². The second-order valence-electron chi connectivity index (χ2n) is 6.80. The highest BCUT2D eigenvalue weighted by Gasteiger charge is 2.30. The lowest BCUT2D eigenvalue weighted by Crippen LogP contribution is -2.51. The second kappa shape index (κ2) is 8.82. The predicted octanol–water partition coefficient (Wildman–Crippen LogP) is 1.79. The van der Waals surface area contributed by atoms with Crippen molar-refractivity contribution < 1.29 is 26.8 Å². The van der Waals surface area contributed by atoms with Gasteiger partial charge in [0.1, 0.15) is 11.6 Å². The van der Waals surface area contributed by atoms with Gasteiger partial charge < -0.3 is 14.1 Å². The largest absolute Gasteiger partial charge is 0.484 e. The summed E-state index contributed by atoms with van der Waals surface area (Å²) in [6, 6.07) is 11.6. The zero-order valence-corrected chi connectivity index (χ0v) is 17.2. The maximum Gasteiger partial charge on any atom is 0.260 e. The van der Waals surface area contributed by atoms with E-state index in [-0.39, 0.29) is 43.6 Å². The molecule has 1 aliphatic rings. The summed E-state index contributed by atoms with van der Waals surface area (Å²) < 4.78 is 50.3. The number of hydrogen-bond donors (Lipinski definition) is 0. The molecule has 4 rings (SSSR count). The molecule has 0 atom stereocenters. The molecule has 31 heavy (non-hydrogen) atoms. The first-order valence-corrected chi connectivity index (χ1v) is 10.9. The quantitative estimate of drug-likeness (QED) is 0.568. The Kier molecular flexibility index (Phi) is 5.96. The first kappa shape index (κ1) is 20.9. The topological polar surface area (TPSA) is 106 Å². The highest BCUT2D eigenvalue weighted by atomic mass is 32.2. The molecule has 1 saturated heterocycles. The van der Waals surface area contributed by atoms with Crippen molar-refractivity contribution in [2.45, 2.75) is 4.90 Å². The number of ether oxygens (including phenoxy) is 1. The molecule has 1 fully saturated rings. The van der Waals surface area contributed by atoms with E-state index in [4.69, 9.17) is 9.15 Å². The van der Waals surface area contributed by atoms with Crippen molar-refractivity contribution in [3.63, 3.8) is 0 Å². The molecule has 1 amide bonds. The number of benzene rings is 2. The number of rotatable bonds is 6. The third-order valence-corrected chi connectivity index (χ3v) is 6.78. The van der Waals surface area contributed by atoms with Gasteiger partial charge in [-0.1, -0.05) is 0 Å². The molecule has 11 heteroatoms. The van der Waals surface area contributed by atoms with E-state index in [1.54, 1.807) is 29.2 Å². The van der Waals surface area contributed by atoms with E-state index in [0.29, 0.717) is 11.6 Å². The van der Waals surface area contributed by atoms with Crippen LogP contribution in [0, 0.1) is 5.82 Å². The highest BCUT2D eigenvalue weighted by molar-refractivity contribution is 7.89. The second-order valence-corrected chi connectivity index (χ2v) is 8.73. The van der Waals surface area contributed by atoms with E-state index < -0.39 is 15.8 Å². The molecule has 0 N–H and O–H groups in total. The fraction of sp³-hybridized carbons (Fsp3) is 0.250. The minimum absolute atomic E-state index is 0.0287. The van der Waals surface area contributed by atoms with Crippen molar-refractivity contribution in [1.82, 2.24) is 19.4 Å². The van der Waals surface area contributed by atoms with Gasteiger partial charge >= 0.3 is 0 Å². The predicted molar refractivity (Wildman–Crippen MR) is 107 cm³/mol. The summed E-state index contributed by atoms with van der Waals surface area (Å²) in [5.74, 6) is 0.156. The molecule has 2 heterocycles. The summed E-state index contributed by atoms with van der Waals surface area (Å²) in [5.41, 5.74) is 0.731. The molecule has 3 aromatic rings. The van der Waals surface area contributed by atoms with E-state index >= 15 is 0 Å². The molecule has 2 aromatic carbocycles. The zero-order valence-electron chi connectivity index (χ0n) is 16.3. The highest BCUT2D eigenvalue weighted by Crippen LogP contribution is 2.21. The average molecular weight is 446 g/mol. The normalized spacial score (nSPS) is 15.1. The summed E-state index contributed by atoms with van der Waals surface area (Å²) in [6.07, 6.45) is 1.24. The Morgan fingerprint density at radius 2 is 1.71 bits per heavy atom. The van der Waals surface area contributed by atoms with Gasteiger partial charge in [0, 0.05) is 31.7 Å². The lowest BCUT2D eigenvalue weighted by Gasteiger charge is -2.34. The molecule has 0 unspecified atom stereocenters. The Morgan fingerprint density at radius 3 is 2.32 bits per heavy atom. The average Bonchev–Trinajstić information content (AvgIpc) is 3.33. The van der Waals surface area contributed by atoms with Crippen molar-refractivity contribution >= 4 is 15.9 Å². The van der Waals surface area contributed by atoms with E-state index in [0.717, 1.165) is 17.7 Å². The van der Waals surface area contributed by atoms with Crippen LogP contribution in [0.2, 0.25) is 0 Å². The van der Waals surface area contributed by atoms with Crippen molar-refractivity contribution in [2.75, 3.05) is 32.8 Å². The van der Waals surface area contributed by atoms with Crippen molar-refractivity contribution in [3.8, 4) is 17.2 Å². The molecule has 0 bridgehead atoms. The molecule has 9 nitrogen and oxygen atoms in total. The number of amides is 1. The van der Waals surface area contributed by atoms with Crippen molar-refractivity contribution in [1.29, 1.82) is 0 Å². The first-order valence-electron chi connectivity index (χ1n) is 9.46. The maximum absolute atomic E-state index is 13.1. The molecule has 0 saturated carbocycles. The van der Waals surface area contributed by atoms with Crippen LogP contribution in [0.1, 0.15) is 0 Å². The van der Waals surface area contributed by atoms with Crippen LogP contribution in [-0.4, -0.2) is 66.5 Å². The Morgan fingerprint density at radius 1 is 1.03 bits per heavy atom. The van der Waals surface area contributed by atoms with Gasteiger partial charge in [-0.05, 0) is 48.5 Å². The Hall–Kier alpha value is -3.31. The summed E-state index contributed by atoms with van der Waals surface area (Å²) in [6.45, 7) is 0.650. The number of carbonyl (C=O) groups is 1. The third kappa shape index (κ3) is 4.72. The van der Waals surface area contributed by atoms with Crippen LogP contribution >= 0.6 is 0 Å². The van der Waals surface area contributed by atoms with Crippen LogP contribution in [-0.2, 0) is 14.8 Å². The van der Waals surface area contributed by atoms with Gasteiger partial charge in [0.15, 0.2) is 6.61 Å². The zero-order chi connectivity index (χ0) is 21.8. The number of nitrogens with zero attached hydrogens (tertiary/aromatic N) is 4. The van der Waals surface area contributed by atoms with Crippen LogP contribution in [0.4, 0.5) is 4.39 Å². The fourth-order valence-corrected chi connectivity index (χ4v) is 4.58. The number of hydrogen-bond acceptors (Lipinski definition) is 7. The fourth-order valence-electron chi connectivity index (χ4n) is 3.16. The first-order chi connectivity index (χ1) is 14.9. The van der Waals surface area contributed by atoms with E-state index in [9.17, 15) is 17.6 Å². The maximum atomic E-state index is 13.1. The standard InChI is InChI=1S/C20H19FN4O5S/c21-16-3-7-18(8-4-16)31(27,28)25-11-9-24(10-12-25)19(26)13-29-17-5-1-15(2-6-17)20-23-22-14-30-20/h1-8,14H,9-13H2. The summed E-state index contributed by atoms with van der Waals surface area (Å²) in [7, 11) is -3.73. The summed E-state index contributed by atoms with van der Waals surface area (Å²) in [4.78, 5) is 14.0. The molecule has 0 radical (unpaired) electrons. The van der Waals surface area contributed by atoms with E-state index in [1.165, 1.54) is 22.8 Å². The van der Waals surface area contributed by atoms with Gasteiger partial charge in [-0.25, -0.2) is 12.8 Å². The summed E-state index contributed by atoms with van der Waals surface area (Å²) in [5, 5.41) is 7.44. The number of sulfonamides is 1. The molecule has 1 aromatic heterocycles. The Bertz CT molecular complexity index is 1130. The van der Waals surface area contributed by atoms with Crippen LogP contribution in [0.5, 0.6) is 5.75 Å². The minimum atomic E-state index is -3.73. The molecule has 0 aliphatic carbocycles. The Labute approximate surface area is 178 Å². The Balaban J connectivity index is 1.29. The monoisotopic (exact) mass is 446 g/mol. The number of carbonyl (C=O) groups excluding carboxylic acids is 1. The van der Waals surface area contributed by atoms with Gasteiger partial charge in [-0.15, -0.1) is 10.2 Å². The van der Waals surface area contributed by atoms with Gasteiger partial charge in [-0.2, -0.15) is 4.31 Å². The number of piperazine rings is 1. The smallest absolute Gasteiger partial charge is 0.260 e.